The number of carbonyl (C=O) groups is 1. The van der Waals surface area contributed by atoms with Crippen LogP contribution in [0.15, 0.2) is 66.8 Å². The zero-order valence-corrected chi connectivity index (χ0v) is 12.1. The van der Waals surface area contributed by atoms with Crippen LogP contribution >= 0.6 is 0 Å². The zero-order chi connectivity index (χ0) is 16.7. The van der Waals surface area contributed by atoms with Gasteiger partial charge in [-0.3, -0.25) is 0 Å². The van der Waals surface area contributed by atoms with Crippen LogP contribution in [0.5, 0.6) is 0 Å². The number of carboxylic acid groups (broad SMARTS) is 1. The third kappa shape index (κ3) is 4.17. The van der Waals surface area contributed by atoms with Crippen molar-refractivity contribution in [2.24, 2.45) is 0 Å². The summed E-state index contributed by atoms with van der Waals surface area (Å²) in [4.78, 5) is 10.6. The van der Waals surface area contributed by atoms with E-state index in [0.717, 1.165) is 22.8 Å². The number of nitrogens with zero attached hydrogens (tertiary/aromatic N) is 2. The van der Waals surface area contributed by atoms with Crippen LogP contribution in [0.1, 0.15) is 22.3 Å². The Bertz CT molecular complexity index is 787. The fourth-order valence-electron chi connectivity index (χ4n) is 2.03. The van der Waals surface area contributed by atoms with Crippen LogP contribution in [-0.2, 0) is 4.79 Å². The van der Waals surface area contributed by atoms with Gasteiger partial charge in [0.15, 0.2) is 0 Å². The molecule has 0 bridgehead atoms. The summed E-state index contributed by atoms with van der Waals surface area (Å²) in [5.41, 5.74) is 3.60. The van der Waals surface area contributed by atoms with Gasteiger partial charge >= 0.3 is 5.97 Å². The van der Waals surface area contributed by atoms with E-state index in [2.05, 4.69) is 12.1 Å². The smallest absolute Gasteiger partial charge is 0.328 e. The fraction of sp³-hybridized carbons (Fsp3) is 0. The summed E-state index contributed by atoms with van der Waals surface area (Å²) in [7, 11) is 0. The van der Waals surface area contributed by atoms with E-state index >= 15 is 0 Å². The number of carboxylic acids is 1. The first-order valence-corrected chi connectivity index (χ1v) is 6.76. The lowest BCUT2D eigenvalue weighted by atomic mass is 9.96. The highest BCUT2D eigenvalue weighted by Gasteiger charge is 2.05. The second-order valence-electron chi connectivity index (χ2n) is 4.66. The molecule has 0 unspecified atom stereocenters. The Morgan fingerprint density at radius 2 is 1.30 bits per heavy atom. The number of nitriles is 2. The molecule has 0 aromatic heterocycles. The van der Waals surface area contributed by atoms with Gasteiger partial charge in [-0.15, -0.1) is 0 Å². The molecular weight excluding hydrogens is 288 g/mol. The van der Waals surface area contributed by atoms with E-state index < -0.39 is 5.97 Å². The van der Waals surface area contributed by atoms with Crippen LogP contribution < -0.4 is 0 Å². The largest absolute Gasteiger partial charge is 0.478 e. The van der Waals surface area contributed by atoms with Crippen molar-refractivity contribution in [2.45, 2.75) is 0 Å². The molecule has 0 atom stereocenters. The minimum atomic E-state index is -1.03. The van der Waals surface area contributed by atoms with Crippen LogP contribution in [0.25, 0.3) is 5.57 Å². The number of benzene rings is 2. The van der Waals surface area contributed by atoms with Gasteiger partial charge in [-0.2, -0.15) is 10.5 Å². The monoisotopic (exact) mass is 300 g/mol. The van der Waals surface area contributed by atoms with E-state index in [9.17, 15) is 4.79 Å². The van der Waals surface area contributed by atoms with Crippen molar-refractivity contribution in [3.8, 4) is 12.1 Å². The molecule has 0 fully saturated rings. The van der Waals surface area contributed by atoms with Crippen LogP contribution in [0, 0.1) is 22.7 Å². The Morgan fingerprint density at radius 1 is 0.870 bits per heavy atom. The Hall–Kier alpha value is -3.63. The van der Waals surface area contributed by atoms with Crippen molar-refractivity contribution < 1.29 is 9.90 Å². The van der Waals surface area contributed by atoms with E-state index in [0.29, 0.717) is 11.1 Å². The van der Waals surface area contributed by atoms with Gasteiger partial charge in [-0.1, -0.05) is 36.4 Å². The zero-order valence-electron chi connectivity index (χ0n) is 12.1. The molecule has 4 heteroatoms. The van der Waals surface area contributed by atoms with Gasteiger partial charge in [0.25, 0.3) is 0 Å². The quantitative estimate of drug-likeness (QED) is 0.691. The van der Waals surface area contributed by atoms with E-state index in [1.165, 1.54) is 6.08 Å². The van der Waals surface area contributed by atoms with E-state index in [1.54, 1.807) is 54.6 Å². The standard InChI is InChI=1S/C19H12N2O2/c20-12-14-4-8-16(9-5-14)18(2-1-3-19(22)23)17-10-6-15(13-21)7-11-17/h1-11H,(H,22,23)/b3-1+. The molecular formula is C19H12N2O2. The minimum Gasteiger partial charge on any atom is -0.478 e. The number of rotatable bonds is 4. The summed E-state index contributed by atoms with van der Waals surface area (Å²) < 4.78 is 0. The number of allylic oxidation sites excluding steroid dienone is 2. The van der Waals surface area contributed by atoms with E-state index in [4.69, 9.17) is 15.6 Å². The molecule has 0 spiro atoms. The van der Waals surface area contributed by atoms with Gasteiger partial charge in [0.2, 0.25) is 0 Å². The number of hydrogen-bond acceptors (Lipinski definition) is 3. The molecule has 0 saturated heterocycles. The average Bonchev–Trinajstić information content (AvgIpc) is 2.59. The van der Waals surface area contributed by atoms with Crippen LogP contribution in [-0.4, -0.2) is 11.1 Å². The molecule has 0 heterocycles. The van der Waals surface area contributed by atoms with Crippen molar-refractivity contribution in [3.63, 3.8) is 0 Å². The second kappa shape index (κ2) is 7.40. The summed E-state index contributed by atoms with van der Waals surface area (Å²) >= 11 is 0. The third-order valence-corrected chi connectivity index (χ3v) is 3.15. The molecule has 23 heavy (non-hydrogen) atoms. The molecule has 0 amide bonds. The predicted molar refractivity (Wildman–Crippen MR) is 86.2 cm³/mol. The first-order valence-electron chi connectivity index (χ1n) is 6.76. The van der Waals surface area contributed by atoms with Crippen molar-refractivity contribution in [2.75, 3.05) is 0 Å². The lowest BCUT2D eigenvalue weighted by molar-refractivity contribution is -0.131. The third-order valence-electron chi connectivity index (χ3n) is 3.15. The summed E-state index contributed by atoms with van der Waals surface area (Å²) in [6, 6.07) is 18.1. The molecule has 2 aromatic rings. The maximum absolute atomic E-state index is 10.6. The van der Waals surface area contributed by atoms with Crippen molar-refractivity contribution in [1.82, 2.24) is 0 Å². The molecule has 1 N–H and O–H groups in total. The Kier molecular flexibility index (Phi) is 5.07. The van der Waals surface area contributed by atoms with Gasteiger partial charge in [-0.05, 0) is 41.0 Å². The van der Waals surface area contributed by atoms with Crippen molar-refractivity contribution in [3.05, 3.63) is 89.0 Å². The van der Waals surface area contributed by atoms with Crippen molar-refractivity contribution >= 4 is 11.5 Å². The van der Waals surface area contributed by atoms with Crippen molar-refractivity contribution in [1.29, 1.82) is 10.5 Å². The topological polar surface area (TPSA) is 84.9 Å². The average molecular weight is 300 g/mol. The molecule has 0 aliphatic carbocycles. The Labute approximate surface area is 133 Å². The highest BCUT2D eigenvalue weighted by Crippen LogP contribution is 2.24. The summed E-state index contributed by atoms with van der Waals surface area (Å²) in [5.74, 6) is -1.03. The molecule has 110 valence electrons. The van der Waals surface area contributed by atoms with E-state index in [1.807, 2.05) is 0 Å². The molecule has 0 aliphatic heterocycles. The van der Waals surface area contributed by atoms with Crippen LogP contribution in [0.3, 0.4) is 0 Å². The van der Waals surface area contributed by atoms with Crippen LogP contribution in [0.4, 0.5) is 0 Å². The summed E-state index contributed by atoms with van der Waals surface area (Å²) in [6.07, 6.45) is 4.19. The molecule has 0 saturated carbocycles. The lowest BCUT2D eigenvalue weighted by Crippen LogP contribution is -1.90. The van der Waals surface area contributed by atoms with E-state index in [-0.39, 0.29) is 0 Å². The van der Waals surface area contributed by atoms with Gasteiger partial charge in [0.1, 0.15) is 0 Å². The molecule has 2 rings (SSSR count). The normalized spacial score (nSPS) is 9.83. The summed E-state index contributed by atoms with van der Waals surface area (Å²) in [6.45, 7) is 0. The first-order chi connectivity index (χ1) is 11.1. The highest BCUT2D eigenvalue weighted by molar-refractivity contribution is 5.84. The maximum Gasteiger partial charge on any atom is 0.328 e. The fourth-order valence-corrected chi connectivity index (χ4v) is 2.03. The van der Waals surface area contributed by atoms with Gasteiger partial charge < -0.3 is 5.11 Å². The number of hydrogen-bond donors (Lipinski definition) is 1. The highest BCUT2D eigenvalue weighted by atomic mass is 16.4. The SMILES string of the molecule is N#Cc1ccc(C(=C/C=C/C(=O)O)c2ccc(C#N)cc2)cc1. The second-order valence-corrected chi connectivity index (χ2v) is 4.66. The molecule has 0 radical (unpaired) electrons. The number of aliphatic carboxylic acids is 1. The molecule has 4 nitrogen and oxygen atoms in total. The Morgan fingerprint density at radius 3 is 1.65 bits per heavy atom. The van der Waals surface area contributed by atoms with Gasteiger partial charge in [-0.25, -0.2) is 4.79 Å². The summed E-state index contributed by atoms with van der Waals surface area (Å²) in [5, 5.41) is 26.5. The first kappa shape index (κ1) is 15.8. The van der Waals surface area contributed by atoms with Gasteiger partial charge in [0, 0.05) is 6.08 Å². The van der Waals surface area contributed by atoms with Gasteiger partial charge in [0.05, 0.1) is 23.3 Å². The predicted octanol–water partition coefficient (Wildman–Crippen LogP) is 3.50. The minimum absolute atomic E-state index is 0.550. The van der Waals surface area contributed by atoms with Crippen LogP contribution in [0.2, 0.25) is 0 Å². The molecule has 2 aromatic carbocycles. The lowest BCUT2D eigenvalue weighted by Gasteiger charge is -2.08. The Balaban J connectivity index is 2.48. The maximum atomic E-state index is 10.6. The molecule has 0 aliphatic rings.